The van der Waals surface area contributed by atoms with Crippen LogP contribution >= 0.6 is 0 Å². The van der Waals surface area contributed by atoms with Gasteiger partial charge in [0.15, 0.2) is 0 Å². The summed E-state index contributed by atoms with van der Waals surface area (Å²) in [6.07, 6.45) is 1.38. The Morgan fingerprint density at radius 2 is 1.76 bits per heavy atom. The van der Waals surface area contributed by atoms with Crippen LogP contribution in [0, 0.1) is 0 Å². The third-order valence-electron chi connectivity index (χ3n) is 3.84. The van der Waals surface area contributed by atoms with E-state index in [0.29, 0.717) is 0 Å². The molecule has 17 heavy (non-hydrogen) atoms. The van der Waals surface area contributed by atoms with Crippen LogP contribution in [0.5, 0.6) is 0 Å². The maximum Gasteiger partial charge on any atom is 0.128 e. The molecule has 0 radical (unpaired) electrons. The van der Waals surface area contributed by atoms with Crippen molar-refractivity contribution in [1.82, 2.24) is 5.32 Å². The molecular weight excluding hydrogens is 214 g/mol. The Morgan fingerprint density at radius 3 is 2.35 bits per heavy atom. The summed E-state index contributed by atoms with van der Waals surface area (Å²) in [5.41, 5.74) is 5.18. The molecule has 3 N–H and O–H groups in total. The van der Waals surface area contributed by atoms with Crippen molar-refractivity contribution in [3.05, 3.63) is 0 Å². The van der Waals surface area contributed by atoms with Crippen LogP contribution < -0.4 is 11.1 Å². The van der Waals surface area contributed by atoms with Crippen molar-refractivity contribution < 1.29 is 8.97 Å². The van der Waals surface area contributed by atoms with Gasteiger partial charge in [0.2, 0.25) is 0 Å². The summed E-state index contributed by atoms with van der Waals surface area (Å²) in [4.78, 5) is 3.98. The first kappa shape index (κ1) is 14.4. The monoisotopic (exact) mass is 243 g/mol. The van der Waals surface area contributed by atoms with Crippen LogP contribution in [-0.4, -0.2) is 88.8 Å². The number of nitrogens with zero attached hydrogens (tertiary/aromatic N) is 3. The number of quaternary nitrogens is 2. The van der Waals surface area contributed by atoms with E-state index < -0.39 is 0 Å². The van der Waals surface area contributed by atoms with Gasteiger partial charge in [-0.2, -0.15) is 0 Å². The first-order chi connectivity index (χ1) is 7.97. The molecule has 0 atom stereocenters. The Labute approximate surface area is 105 Å². The Kier molecular flexibility index (Phi) is 5.36. The minimum Gasteiger partial charge on any atom is -0.390 e. The topological polar surface area (TPSA) is 50.4 Å². The Bertz CT molecular complexity index is 239. The van der Waals surface area contributed by atoms with Gasteiger partial charge in [-0.3, -0.25) is 4.99 Å². The summed E-state index contributed by atoms with van der Waals surface area (Å²) in [5.74, 6) is 0. The third kappa shape index (κ3) is 5.48. The lowest BCUT2D eigenvalue weighted by Gasteiger charge is -2.44. The van der Waals surface area contributed by atoms with Gasteiger partial charge in [0, 0.05) is 13.1 Å². The molecule has 0 aromatic carbocycles. The number of nitrogens with two attached hydrogens (primary N) is 1. The molecule has 100 valence electrons. The smallest absolute Gasteiger partial charge is 0.128 e. The fourth-order valence-electron chi connectivity index (χ4n) is 2.16. The lowest BCUT2D eigenvalue weighted by molar-refractivity contribution is -1.01. The molecule has 5 nitrogen and oxygen atoms in total. The number of rotatable bonds is 6. The molecule has 1 aliphatic rings. The van der Waals surface area contributed by atoms with E-state index in [4.69, 9.17) is 5.73 Å². The summed E-state index contributed by atoms with van der Waals surface area (Å²) in [7, 11) is 7.03. The highest BCUT2D eigenvalue weighted by atomic mass is 15.4. The van der Waals surface area contributed by atoms with E-state index in [1.54, 1.807) is 0 Å². The molecule has 0 bridgehead atoms. The first-order valence-corrected chi connectivity index (χ1v) is 6.54. The van der Waals surface area contributed by atoms with Crippen LogP contribution in [-0.2, 0) is 0 Å². The molecule has 0 spiro atoms. The summed E-state index contributed by atoms with van der Waals surface area (Å²) in [6, 6.07) is 0. The van der Waals surface area contributed by atoms with Crippen molar-refractivity contribution >= 4 is 6.34 Å². The van der Waals surface area contributed by atoms with Gasteiger partial charge in [-0.05, 0) is 0 Å². The SMILES string of the molecule is C[N+]1(C)CC[N+](C)(CCNCCN=CN)CC1. The minimum atomic E-state index is 0.782. The van der Waals surface area contributed by atoms with Crippen molar-refractivity contribution in [3.8, 4) is 0 Å². The molecule has 5 heteroatoms. The van der Waals surface area contributed by atoms with E-state index >= 15 is 0 Å². The molecule has 1 aliphatic heterocycles. The molecular formula is C12H29N5+2. The van der Waals surface area contributed by atoms with Gasteiger partial charge in [0.05, 0.1) is 40.6 Å². The van der Waals surface area contributed by atoms with Crippen LogP contribution in [0.3, 0.4) is 0 Å². The number of hydrogen-bond donors (Lipinski definition) is 2. The highest BCUT2D eigenvalue weighted by molar-refractivity contribution is 5.50. The largest absolute Gasteiger partial charge is 0.390 e. The van der Waals surface area contributed by atoms with Crippen LogP contribution in [0.4, 0.5) is 0 Å². The highest BCUT2D eigenvalue weighted by Gasteiger charge is 2.33. The number of likely N-dealkylation sites (N-methyl/N-ethyl adjacent to an activating group) is 2. The molecule has 0 amide bonds. The van der Waals surface area contributed by atoms with Crippen LogP contribution in [0.2, 0.25) is 0 Å². The van der Waals surface area contributed by atoms with E-state index in [2.05, 4.69) is 31.5 Å². The second-order valence-electron chi connectivity index (χ2n) is 5.98. The van der Waals surface area contributed by atoms with Crippen LogP contribution in [0.15, 0.2) is 4.99 Å². The van der Waals surface area contributed by atoms with E-state index in [0.717, 1.165) is 19.6 Å². The number of piperazine rings is 1. The molecule has 1 heterocycles. The second kappa shape index (κ2) is 6.33. The molecule has 1 rings (SSSR count). The Morgan fingerprint density at radius 1 is 1.12 bits per heavy atom. The quantitative estimate of drug-likeness (QED) is 0.275. The summed E-state index contributed by atoms with van der Waals surface area (Å²) in [6.45, 7) is 9.14. The molecule has 0 aromatic heterocycles. The van der Waals surface area contributed by atoms with Crippen LogP contribution in [0.25, 0.3) is 0 Å². The second-order valence-corrected chi connectivity index (χ2v) is 5.98. The molecule has 0 unspecified atom stereocenters. The van der Waals surface area contributed by atoms with E-state index in [-0.39, 0.29) is 0 Å². The van der Waals surface area contributed by atoms with Crippen molar-refractivity contribution in [2.45, 2.75) is 0 Å². The normalized spacial score (nSPS) is 23.0. The van der Waals surface area contributed by atoms with Gasteiger partial charge < -0.3 is 20.0 Å². The molecule has 1 fully saturated rings. The predicted molar refractivity (Wildman–Crippen MR) is 73.0 cm³/mol. The number of aliphatic imine (C=N–C) groups is 1. The maximum atomic E-state index is 5.18. The van der Waals surface area contributed by atoms with Gasteiger partial charge in [-0.1, -0.05) is 0 Å². The average molecular weight is 243 g/mol. The van der Waals surface area contributed by atoms with Gasteiger partial charge in [0.25, 0.3) is 0 Å². The van der Waals surface area contributed by atoms with Gasteiger partial charge >= 0.3 is 0 Å². The predicted octanol–water partition coefficient (Wildman–Crippen LogP) is -0.900. The average Bonchev–Trinajstić information content (AvgIpc) is 2.28. The molecule has 0 saturated carbocycles. The number of nitrogens with one attached hydrogen (secondary N) is 1. The van der Waals surface area contributed by atoms with Crippen molar-refractivity contribution in [2.75, 3.05) is 73.5 Å². The van der Waals surface area contributed by atoms with Crippen molar-refractivity contribution in [3.63, 3.8) is 0 Å². The van der Waals surface area contributed by atoms with Gasteiger partial charge in [-0.15, -0.1) is 0 Å². The lowest BCUT2D eigenvalue weighted by Crippen LogP contribution is -2.63. The zero-order chi connectivity index (χ0) is 12.8. The Balaban J connectivity index is 2.14. The van der Waals surface area contributed by atoms with Crippen LogP contribution in [0.1, 0.15) is 0 Å². The lowest BCUT2D eigenvalue weighted by atomic mass is 10.2. The summed E-state index contributed by atoms with van der Waals surface area (Å²) >= 11 is 0. The van der Waals surface area contributed by atoms with E-state index in [9.17, 15) is 0 Å². The van der Waals surface area contributed by atoms with Gasteiger partial charge in [0.1, 0.15) is 26.2 Å². The van der Waals surface area contributed by atoms with Crippen molar-refractivity contribution in [1.29, 1.82) is 0 Å². The standard InChI is InChI=1S/C12H29N5/c1-16(2)8-10-17(3,11-9-16)7-6-14-4-5-15-12-13/h12,14H,4-11H2,1-3H3,(H2,13,15)/q+2. The first-order valence-electron chi connectivity index (χ1n) is 6.54. The minimum absolute atomic E-state index is 0.782. The summed E-state index contributed by atoms with van der Waals surface area (Å²) < 4.78 is 2.38. The fourth-order valence-corrected chi connectivity index (χ4v) is 2.16. The fraction of sp³-hybridized carbons (Fsp3) is 0.917. The van der Waals surface area contributed by atoms with E-state index in [1.165, 1.54) is 48.0 Å². The highest BCUT2D eigenvalue weighted by Crippen LogP contribution is 2.12. The summed E-state index contributed by atoms with van der Waals surface area (Å²) in [5, 5.41) is 3.42. The van der Waals surface area contributed by atoms with E-state index in [1.807, 2.05) is 0 Å². The zero-order valence-corrected chi connectivity index (χ0v) is 11.7. The Hall–Kier alpha value is -0.650. The third-order valence-corrected chi connectivity index (χ3v) is 3.84. The molecule has 1 saturated heterocycles. The number of hydrogen-bond acceptors (Lipinski definition) is 2. The molecule has 0 aliphatic carbocycles. The van der Waals surface area contributed by atoms with Gasteiger partial charge in [-0.25, -0.2) is 0 Å². The van der Waals surface area contributed by atoms with Crippen molar-refractivity contribution in [2.24, 2.45) is 10.7 Å². The molecule has 0 aromatic rings. The zero-order valence-electron chi connectivity index (χ0n) is 11.7. The maximum absolute atomic E-state index is 5.18.